The SMILES string of the molecule is CC(=O)CC(O)(CCc1ccccc1)C(=O)O. The van der Waals surface area contributed by atoms with Crippen LogP contribution in [0.5, 0.6) is 0 Å². The Morgan fingerprint density at radius 3 is 2.29 bits per heavy atom. The van der Waals surface area contributed by atoms with E-state index in [-0.39, 0.29) is 18.6 Å². The lowest BCUT2D eigenvalue weighted by molar-refractivity contribution is -0.161. The van der Waals surface area contributed by atoms with Gasteiger partial charge in [0.05, 0.1) is 0 Å². The van der Waals surface area contributed by atoms with E-state index in [1.165, 1.54) is 6.92 Å². The molecule has 17 heavy (non-hydrogen) atoms. The smallest absolute Gasteiger partial charge is 0.336 e. The van der Waals surface area contributed by atoms with Gasteiger partial charge in [-0.1, -0.05) is 30.3 Å². The lowest BCUT2D eigenvalue weighted by atomic mass is 9.90. The molecule has 0 aliphatic heterocycles. The van der Waals surface area contributed by atoms with Gasteiger partial charge in [0.1, 0.15) is 5.78 Å². The van der Waals surface area contributed by atoms with Crippen LogP contribution in [-0.2, 0) is 16.0 Å². The van der Waals surface area contributed by atoms with Crippen molar-refractivity contribution >= 4 is 11.8 Å². The Bertz CT molecular complexity index is 399. The third-order valence-corrected chi connectivity index (χ3v) is 2.61. The molecule has 0 radical (unpaired) electrons. The van der Waals surface area contributed by atoms with E-state index in [4.69, 9.17) is 5.11 Å². The summed E-state index contributed by atoms with van der Waals surface area (Å²) >= 11 is 0. The van der Waals surface area contributed by atoms with Crippen LogP contribution in [0.2, 0.25) is 0 Å². The van der Waals surface area contributed by atoms with Crippen LogP contribution in [0.15, 0.2) is 30.3 Å². The molecule has 0 saturated carbocycles. The molecule has 1 aromatic carbocycles. The van der Waals surface area contributed by atoms with Crippen molar-refractivity contribution in [3.05, 3.63) is 35.9 Å². The van der Waals surface area contributed by atoms with Gasteiger partial charge in [0.15, 0.2) is 5.60 Å². The Kier molecular flexibility index (Phi) is 4.40. The average Bonchev–Trinajstić information content (AvgIpc) is 2.27. The lowest BCUT2D eigenvalue weighted by Crippen LogP contribution is -2.40. The molecule has 0 aliphatic rings. The zero-order valence-corrected chi connectivity index (χ0v) is 9.72. The highest BCUT2D eigenvalue weighted by molar-refractivity contribution is 5.86. The van der Waals surface area contributed by atoms with Crippen LogP contribution in [0, 0.1) is 0 Å². The molecule has 1 unspecified atom stereocenters. The average molecular weight is 236 g/mol. The predicted octanol–water partition coefficient (Wildman–Crippen LogP) is 1.41. The van der Waals surface area contributed by atoms with Crippen LogP contribution in [0.4, 0.5) is 0 Å². The number of carboxylic acid groups (broad SMARTS) is 1. The number of Topliss-reactive ketones (excluding diaryl/α,β-unsaturated/α-hetero) is 1. The molecule has 4 heteroatoms. The molecular weight excluding hydrogens is 220 g/mol. The van der Waals surface area contributed by atoms with E-state index in [2.05, 4.69) is 0 Å². The first-order chi connectivity index (χ1) is 7.94. The molecular formula is C13H16O4. The zero-order valence-electron chi connectivity index (χ0n) is 9.72. The summed E-state index contributed by atoms with van der Waals surface area (Å²) in [7, 11) is 0. The van der Waals surface area contributed by atoms with Crippen molar-refractivity contribution < 1.29 is 19.8 Å². The van der Waals surface area contributed by atoms with Crippen molar-refractivity contribution in [2.45, 2.75) is 31.8 Å². The van der Waals surface area contributed by atoms with E-state index in [0.717, 1.165) is 5.56 Å². The van der Waals surface area contributed by atoms with Crippen molar-refractivity contribution in [3.63, 3.8) is 0 Å². The van der Waals surface area contributed by atoms with Crippen LogP contribution >= 0.6 is 0 Å². The summed E-state index contributed by atoms with van der Waals surface area (Å²) in [6.45, 7) is 1.27. The van der Waals surface area contributed by atoms with Crippen LogP contribution in [0.1, 0.15) is 25.3 Å². The van der Waals surface area contributed by atoms with E-state index >= 15 is 0 Å². The predicted molar refractivity (Wildman–Crippen MR) is 62.6 cm³/mol. The molecule has 0 aromatic heterocycles. The van der Waals surface area contributed by atoms with Crippen molar-refractivity contribution in [2.24, 2.45) is 0 Å². The number of aliphatic hydroxyl groups is 1. The fourth-order valence-electron chi connectivity index (χ4n) is 1.68. The second-order valence-corrected chi connectivity index (χ2v) is 4.20. The van der Waals surface area contributed by atoms with Gasteiger partial charge in [0.25, 0.3) is 0 Å². The highest BCUT2D eigenvalue weighted by Gasteiger charge is 2.36. The number of benzene rings is 1. The summed E-state index contributed by atoms with van der Waals surface area (Å²) < 4.78 is 0. The number of carboxylic acids is 1. The highest BCUT2D eigenvalue weighted by Crippen LogP contribution is 2.19. The van der Waals surface area contributed by atoms with E-state index in [1.54, 1.807) is 0 Å². The molecule has 0 saturated heterocycles. The maximum Gasteiger partial charge on any atom is 0.336 e. The maximum absolute atomic E-state index is 11.0. The van der Waals surface area contributed by atoms with Crippen molar-refractivity contribution in [2.75, 3.05) is 0 Å². The van der Waals surface area contributed by atoms with Gasteiger partial charge >= 0.3 is 5.97 Å². The first kappa shape index (κ1) is 13.4. The molecule has 1 aromatic rings. The summed E-state index contributed by atoms with van der Waals surface area (Å²) in [4.78, 5) is 21.9. The van der Waals surface area contributed by atoms with Gasteiger partial charge in [0.2, 0.25) is 0 Å². The van der Waals surface area contributed by atoms with Crippen LogP contribution in [0.25, 0.3) is 0 Å². The Morgan fingerprint density at radius 1 is 1.24 bits per heavy atom. The largest absolute Gasteiger partial charge is 0.479 e. The fourth-order valence-corrected chi connectivity index (χ4v) is 1.68. The molecule has 0 fully saturated rings. The molecule has 0 aliphatic carbocycles. The summed E-state index contributed by atoms with van der Waals surface area (Å²) in [5, 5.41) is 18.9. The van der Waals surface area contributed by atoms with Gasteiger partial charge in [0, 0.05) is 6.42 Å². The highest BCUT2D eigenvalue weighted by atomic mass is 16.4. The minimum absolute atomic E-state index is 0.0337. The first-order valence-electron chi connectivity index (χ1n) is 5.43. The van der Waals surface area contributed by atoms with Crippen LogP contribution in [-0.4, -0.2) is 27.6 Å². The third-order valence-electron chi connectivity index (χ3n) is 2.61. The van der Waals surface area contributed by atoms with Gasteiger partial charge in [-0.2, -0.15) is 0 Å². The zero-order chi connectivity index (χ0) is 12.9. The minimum atomic E-state index is -1.96. The normalized spacial score (nSPS) is 14.0. The van der Waals surface area contributed by atoms with E-state index in [9.17, 15) is 14.7 Å². The number of hydrogen-bond donors (Lipinski definition) is 2. The minimum Gasteiger partial charge on any atom is -0.479 e. The Morgan fingerprint density at radius 2 is 1.82 bits per heavy atom. The quantitative estimate of drug-likeness (QED) is 0.783. The van der Waals surface area contributed by atoms with Crippen molar-refractivity contribution in [1.82, 2.24) is 0 Å². The second kappa shape index (κ2) is 5.59. The summed E-state index contributed by atoms with van der Waals surface area (Å²) in [6.07, 6.45) is 0.109. The fraction of sp³-hybridized carbons (Fsp3) is 0.385. The van der Waals surface area contributed by atoms with Gasteiger partial charge in [-0.25, -0.2) is 4.79 Å². The van der Waals surface area contributed by atoms with Gasteiger partial charge in [-0.3, -0.25) is 4.79 Å². The number of hydrogen-bond acceptors (Lipinski definition) is 3. The number of ketones is 1. The van der Waals surface area contributed by atoms with Gasteiger partial charge in [-0.15, -0.1) is 0 Å². The lowest BCUT2D eigenvalue weighted by Gasteiger charge is -2.21. The first-order valence-corrected chi connectivity index (χ1v) is 5.43. The summed E-state index contributed by atoms with van der Waals surface area (Å²) in [6, 6.07) is 9.27. The molecule has 0 bridgehead atoms. The number of carbonyl (C=O) groups excluding carboxylic acids is 1. The molecule has 92 valence electrons. The molecule has 4 nitrogen and oxygen atoms in total. The topological polar surface area (TPSA) is 74.6 Å². The monoisotopic (exact) mass is 236 g/mol. The molecule has 0 heterocycles. The molecule has 0 spiro atoms. The molecule has 1 atom stereocenters. The molecule has 2 N–H and O–H groups in total. The van der Waals surface area contributed by atoms with E-state index in [0.29, 0.717) is 6.42 Å². The van der Waals surface area contributed by atoms with Crippen molar-refractivity contribution in [3.8, 4) is 0 Å². The Hall–Kier alpha value is -1.68. The maximum atomic E-state index is 11.0. The standard InChI is InChI=1S/C13H16O4/c1-10(14)9-13(17,12(15)16)8-7-11-5-3-2-4-6-11/h2-6,17H,7-9H2,1H3,(H,15,16). The van der Waals surface area contributed by atoms with E-state index < -0.39 is 11.6 Å². The number of carbonyl (C=O) groups is 2. The Labute approximate surface area is 99.9 Å². The number of aliphatic carboxylic acids is 1. The van der Waals surface area contributed by atoms with Crippen LogP contribution in [0.3, 0.4) is 0 Å². The number of rotatable bonds is 6. The van der Waals surface area contributed by atoms with E-state index in [1.807, 2.05) is 30.3 Å². The van der Waals surface area contributed by atoms with Gasteiger partial charge in [-0.05, 0) is 25.3 Å². The molecule has 1 rings (SSSR count). The number of aryl methyl sites for hydroxylation is 1. The van der Waals surface area contributed by atoms with Crippen LogP contribution < -0.4 is 0 Å². The van der Waals surface area contributed by atoms with Gasteiger partial charge < -0.3 is 10.2 Å². The molecule has 0 amide bonds. The second-order valence-electron chi connectivity index (χ2n) is 4.20. The Balaban J connectivity index is 2.68. The summed E-state index contributed by atoms with van der Waals surface area (Å²) in [5.74, 6) is -1.67. The van der Waals surface area contributed by atoms with Crippen molar-refractivity contribution in [1.29, 1.82) is 0 Å². The summed E-state index contributed by atoms with van der Waals surface area (Å²) in [5.41, 5.74) is -1.02. The third kappa shape index (κ3) is 4.00.